The summed E-state index contributed by atoms with van der Waals surface area (Å²) in [5.74, 6) is 0.765. The van der Waals surface area contributed by atoms with E-state index in [1.165, 1.54) is 16.1 Å². The fraction of sp³-hybridized carbons (Fsp3) is 0.278. The number of aryl methyl sites for hydroxylation is 1. The van der Waals surface area contributed by atoms with Gasteiger partial charge in [0.1, 0.15) is 12.0 Å². The molecule has 2 aromatic carbocycles. The third kappa shape index (κ3) is 6.93. The molecule has 0 saturated heterocycles. The molecule has 0 aliphatic heterocycles. The molecule has 0 fully saturated rings. The molecule has 0 aromatic heterocycles. The molecule has 0 aliphatic carbocycles. The van der Waals surface area contributed by atoms with E-state index >= 15 is 0 Å². The number of carbonyl (C=O) groups is 1. The Bertz CT molecular complexity index is 738. The number of hydrogen-bond donors (Lipinski definition) is 0. The van der Waals surface area contributed by atoms with Crippen molar-refractivity contribution in [1.29, 1.82) is 0 Å². The van der Waals surface area contributed by atoms with Crippen LogP contribution in [-0.2, 0) is 16.6 Å². The molecule has 2 aromatic rings. The number of sulfonamides is 1. The Morgan fingerprint density at radius 1 is 1.04 bits per heavy atom. The summed E-state index contributed by atoms with van der Waals surface area (Å²) in [6.45, 7) is 2.37. The van der Waals surface area contributed by atoms with E-state index in [0.717, 1.165) is 23.2 Å². The van der Waals surface area contributed by atoms with Crippen LogP contribution in [0.3, 0.4) is 0 Å². The Kier molecular flexibility index (Phi) is 7.61. The van der Waals surface area contributed by atoms with Crippen molar-refractivity contribution in [1.82, 2.24) is 4.31 Å². The molecule has 24 heavy (non-hydrogen) atoms. The molecular formula is C18H23NO4S. The molecule has 0 spiro atoms. The normalized spacial score (nSPS) is 10.7. The van der Waals surface area contributed by atoms with Crippen LogP contribution in [0.5, 0.6) is 5.75 Å². The minimum absolute atomic E-state index is 0.378. The van der Waals surface area contributed by atoms with Crippen molar-refractivity contribution in [3.05, 3.63) is 65.2 Å². The zero-order chi connectivity index (χ0) is 18.2. The summed E-state index contributed by atoms with van der Waals surface area (Å²) in [6.07, 6.45) is 2.04. The lowest BCUT2D eigenvalue weighted by Crippen LogP contribution is -2.24. The molecule has 0 atom stereocenters. The second-order valence-corrected chi connectivity index (χ2v) is 7.49. The number of nitrogens with zero attached hydrogens (tertiary/aromatic N) is 1. The smallest absolute Gasteiger partial charge is 0.211 e. The number of benzene rings is 2. The maximum atomic E-state index is 11.2. The number of ether oxygens (including phenoxy) is 1. The van der Waals surface area contributed by atoms with E-state index in [0.29, 0.717) is 6.54 Å². The van der Waals surface area contributed by atoms with Gasteiger partial charge in [0.05, 0.1) is 13.4 Å². The predicted octanol–water partition coefficient (Wildman–Crippen LogP) is 2.89. The fourth-order valence-corrected chi connectivity index (χ4v) is 2.13. The zero-order valence-electron chi connectivity index (χ0n) is 14.4. The van der Waals surface area contributed by atoms with Gasteiger partial charge in [0, 0.05) is 19.2 Å². The van der Waals surface area contributed by atoms with Gasteiger partial charge in [0.2, 0.25) is 10.0 Å². The van der Waals surface area contributed by atoms with Crippen LogP contribution in [-0.4, -0.2) is 39.4 Å². The number of carbonyl (C=O) groups excluding carboxylic acids is 1. The Labute approximate surface area is 143 Å². The molecule has 0 unspecified atom stereocenters. The topological polar surface area (TPSA) is 63.7 Å². The largest absolute Gasteiger partial charge is 0.497 e. The number of rotatable bonds is 5. The number of hydrogen-bond acceptors (Lipinski definition) is 4. The van der Waals surface area contributed by atoms with Crippen LogP contribution in [0, 0.1) is 6.92 Å². The highest BCUT2D eigenvalue weighted by Crippen LogP contribution is 2.13. The Morgan fingerprint density at radius 3 is 2.00 bits per heavy atom. The van der Waals surface area contributed by atoms with Gasteiger partial charge in [-0.05, 0) is 24.6 Å². The van der Waals surface area contributed by atoms with Crippen molar-refractivity contribution in [2.75, 3.05) is 20.4 Å². The predicted molar refractivity (Wildman–Crippen MR) is 95.9 cm³/mol. The van der Waals surface area contributed by atoms with Gasteiger partial charge in [-0.1, -0.05) is 42.0 Å². The van der Waals surface area contributed by atoms with Crippen molar-refractivity contribution in [2.45, 2.75) is 13.5 Å². The van der Waals surface area contributed by atoms with Gasteiger partial charge in [-0.15, -0.1) is 0 Å². The summed E-state index contributed by atoms with van der Waals surface area (Å²) in [7, 11) is 0.0354. The lowest BCUT2D eigenvalue weighted by atomic mass is 10.2. The maximum absolute atomic E-state index is 11.2. The van der Waals surface area contributed by atoms with E-state index < -0.39 is 10.0 Å². The van der Waals surface area contributed by atoms with Crippen LogP contribution < -0.4 is 4.74 Å². The van der Waals surface area contributed by atoms with Crippen LogP contribution in [0.2, 0.25) is 0 Å². The van der Waals surface area contributed by atoms with Crippen LogP contribution in [0.15, 0.2) is 48.5 Å². The first kappa shape index (κ1) is 19.9. The summed E-state index contributed by atoms with van der Waals surface area (Å²) in [4.78, 5) is 10.1. The van der Waals surface area contributed by atoms with Gasteiger partial charge in [0.25, 0.3) is 0 Å². The van der Waals surface area contributed by atoms with Crippen LogP contribution in [0.25, 0.3) is 0 Å². The van der Waals surface area contributed by atoms with Crippen LogP contribution in [0.4, 0.5) is 0 Å². The van der Waals surface area contributed by atoms with Crippen molar-refractivity contribution < 1.29 is 17.9 Å². The molecule has 0 amide bonds. The highest BCUT2D eigenvalue weighted by atomic mass is 32.2. The van der Waals surface area contributed by atoms with Gasteiger partial charge in [-0.2, -0.15) is 0 Å². The first-order valence-corrected chi connectivity index (χ1v) is 9.17. The third-order valence-corrected chi connectivity index (χ3v) is 4.61. The lowest BCUT2D eigenvalue weighted by Gasteiger charge is -2.13. The van der Waals surface area contributed by atoms with Gasteiger partial charge < -0.3 is 4.74 Å². The maximum Gasteiger partial charge on any atom is 0.211 e. The highest BCUT2D eigenvalue weighted by molar-refractivity contribution is 7.88. The van der Waals surface area contributed by atoms with E-state index in [1.807, 2.05) is 55.5 Å². The second-order valence-electron chi connectivity index (χ2n) is 5.40. The quantitative estimate of drug-likeness (QED) is 0.779. The summed E-state index contributed by atoms with van der Waals surface area (Å²) < 4.78 is 28.6. The lowest BCUT2D eigenvalue weighted by molar-refractivity contribution is 0.112. The standard InChI is InChI=1S/C10H15NO3S.C8H8O/c1-11(15(3,12)13)8-9-4-6-10(14-2)7-5-9;1-7-2-4-8(6-9)5-3-7/h4-7H,8H2,1-3H3;2-6H,1H3. The average Bonchev–Trinajstić information content (AvgIpc) is 2.56. The highest BCUT2D eigenvalue weighted by Gasteiger charge is 2.10. The minimum atomic E-state index is -3.11. The van der Waals surface area contributed by atoms with E-state index in [4.69, 9.17) is 4.74 Å². The molecule has 0 N–H and O–H groups in total. The fourth-order valence-electron chi connectivity index (χ4n) is 1.75. The summed E-state index contributed by atoms with van der Waals surface area (Å²) in [5.41, 5.74) is 2.85. The van der Waals surface area contributed by atoms with Gasteiger partial charge in [0.15, 0.2) is 0 Å². The molecule has 0 saturated carbocycles. The molecule has 0 aliphatic rings. The Hall–Kier alpha value is -2.18. The van der Waals surface area contributed by atoms with Gasteiger partial charge in [-0.3, -0.25) is 4.79 Å². The Balaban J connectivity index is 0.000000272. The molecule has 0 radical (unpaired) electrons. The SMILES string of the molecule is COc1ccc(CN(C)S(C)(=O)=O)cc1.Cc1ccc(C=O)cc1. The van der Waals surface area contributed by atoms with E-state index in [2.05, 4.69) is 0 Å². The van der Waals surface area contributed by atoms with Crippen molar-refractivity contribution >= 4 is 16.3 Å². The van der Waals surface area contributed by atoms with Gasteiger partial charge in [-0.25, -0.2) is 12.7 Å². The Morgan fingerprint density at radius 2 is 1.58 bits per heavy atom. The van der Waals surface area contributed by atoms with Crippen LogP contribution in [0.1, 0.15) is 21.5 Å². The summed E-state index contributed by atoms with van der Waals surface area (Å²) in [5, 5.41) is 0. The first-order chi connectivity index (χ1) is 11.3. The van der Waals surface area contributed by atoms with E-state index in [9.17, 15) is 13.2 Å². The van der Waals surface area contributed by atoms with Crippen LogP contribution >= 0.6 is 0 Å². The number of aldehydes is 1. The average molecular weight is 349 g/mol. The zero-order valence-corrected chi connectivity index (χ0v) is 15.2. The van der Waals surface area contributed by atoms with Crippen molar-refractivity contribution in [3.8, 4) is 5.75 Å². The third-order valence-electron chi connectivity index (χ3n) is 3.34. The monoisotopic (exact) mass is 349 g/mol. The minimum Gasteiger partial charge on any atom is -0.497 e. The van der Waals surface area contributed by atoms with Crippen molar-refractivity contribution in [3.63, 3.8) is 0 Å². The molecule has 0 heterocycles. The molecule has 130 valence electrons. The molecule has 6 heteroatoms. The molecular weight excluding hydrogens is 326 g/mol. The van der Waals surface area contributed by atoms with Crippen molar-refractivity contribution in [2.24, 2.45) is 0 Å². The van der Waals surface area contributed by atoms with Gasteiger partial charge >= 0.3 is 0 Å². The van der Waals surface area contributed by atoms with E-state index in [1.54, 1.807) is 14.2 Å². The molecule has 2 rings (SSSR count). The van der Waals surface area contributed by atoms with E-state index in [-0.39, 0.29) is 0 Å². The first-order valence-electron chi connectivity index (χ1n) is 7.32. The molecule has 5 nitrogen and oxygen atoms in total. The number of methoxy groups -OCH3 is 1. The molecule has 0 bridgehead atoms. The second kappa shape index (κ2) is 9.20. The summed E-state index contributed by atoms with van der Waals surface area (Å²) in [6, 6.07) is 14.8. The summed E-state index contributed by atoms with van der Waals surface area (Å²) >= 11 is 0.